The van der Waals surface area contributed by atoms with Crippen LogP contribution in [0.5, 0.6) is 0 Å². The summed E-state index contributed by atoms with van der Waals surface area (Å²) in [7, 11) is 4.09. The second-order valence-electron chi connectivity index (χ2n) is 6.05. The van der Waals surface area contributed by atoms with Crippen molar-refractivity contribution in [2.45, 2.75) is 13.5 Å². The minimum absolute atomic E-state index is 0.00738. The molecule has 1 aliphatic rings. The molecule has 0 bridgehead atoms. The minimum Gasteiger partial charge on any atom is -0.379 e. The second-order valence-corrected chi connectivity index (χ2v) is 6.05. The molecule has 1 saturated heterocycles. The van der Waals surface area contributed by atoms with Crippen molar-refractivity contribution in [1.29, 1.82) is 0 Å². The zero-order chi connectivity index (χ0) is 15.9. The number of nitrogens with one attached hydrogen (secondary N) is 1. The molecule has 124 valence electrons. The highest BCUT2D eigenvalue weighted by atomic mass is 16.5. The maximum Gasteiger partial charge on any atom is 0.317 e. The normalized spacial score (nSPS) is 19.3. The van der Waals surface area contributed by atoms with Gasteiger partial charge in [0.15, 0.2) is 0 Å². The molecule has 7 nitrogen and oxygen atoms in total. The minimum atomic E-state index is -0.00738. The summed E-state index contributed by atoms with van der Waals surface area (Å²) in [6, 6.07) is -0.00738. The maximum atomic E-state index is 12.3. The average molecular weight is 309 g/mol. The van der Waals surface area contributed by atoms with Crippen LogP contribution in [0.2, 0.25) is 0 Å². The smallest absolute Gasteiger partial charge is 0.317 e. The Kier molecular flexibility index (Phi) is 6.21. The first-order chi connectivity index (χ1) is 10.6. The lowest BCUT2D eigenvalue weighted by Gasteiger charge is -2.25. The Labute approximate surface area is 132 Å². The Balaban J connectivity index is 1.78. The first-order valence-corrected chi connectivity index (χ1v) is 7.79. The molecule has 0 saturated carbocycles. The van der Waals surface area contributed by atoms with Crippen LogP contribution in [0.1, 0.15) is 5.82 Å². The van der Waals surface area contributed by atoms with Crippen LogP contribution in [0.3, 0.4) is 0 Å². The predicted octanol–water partition coefficient (Wildman–Crippen LogP) is 0.411. The molecule has 7 heteroatoms. The molecule has 2 amide bonds. The molecule has 22 heavy (non-hydrogen) atoms. The molecule has 0 aromatic carbocycles. The van der Waals surface area contributed by atoms with E-state index in [0.717, 1.165) is 32.1 Å². The van der Waals surface area contributed by atoms with Gasteiger partial charge in [-0.15, -0.1) is 0 Å². The molecule has 1 aromatic rings. The van der Waals surface area contributed by atoms with Crippen molar-refractivity contribution < 1.29 is 9.53 Å². The van der Waals surface area contributed by atoms with Crippen LogP contribution in [0.4, 0.5) is 4.79 Å². The van der Waals surface area contributed by atoms with Crippen LogP contribution in [-0.4, -0.2) is 78.9 Å². The molecular weight excluding hydrogens is 282 g/mol. The van der Waals surface area contributed by atoms with Gasteiger partial charge in [0, 0.05) is 51.0 Å². The number of imidazole rings is 1. The van der Waals surface area contributed by atoms with Crippen molar-refractivity contribution in [3.8, 4) is 0 Å². The predicted molar refractivity (Wildman–Crippen MR) is 84.8 cm³/mol. The van der Waals surface area contributed by atoms with Gasteiger partial charge in [0.05, 0.1) is 13.2 Å². The topological polar surface area (TPSA) is 62.6 Å². The Bertz CT molecular complexity index is 474. The highest BCUT2D eigenvalue weighted by Gasteiger charge is 2.22. The lowest BCUT2D eigenvalue weighted by molar-refractivity contribution is 0.112. The van der Waals surface area contributed by atoms with Crippen LogP contribution in [0, 0.1) is 12.8 Å². The molecule has 0 spiro atoms. The number of urea groups is 1. The lowest BCUT2D eigenvalue weighted by atomic mass is 10.1. The van der Waals surface area contributed by atoms with Crippen molar-refractivity contribution in [3.63, 3.8) is 0 Å². The van der Waals surface area contributed by atoms with Gasteiger partial charge < -0.3 is 24.4 Å². The second kappa shape index (κ2) is 8.14. The van der Waals surface area contributed by atoms with Crippen LogP contribution >= 0.6 is 0 Å². The van der Waals surface area contributed by atoms with E-state index in [1.54, 1.807) is 6.20 Å². The fourth-order valence-corrected chi connectivity index (χ4v) is 2.73. The van der Waals surface area contributed by atoms with Gasteiger partial charge in [-0.2, -0.15) is 0 Å². The van der Waals surface area contributed by atoms with Gasteiger partial charge in [0.25, 0.3) is 0 Å². The number of aromatic nitrogens is 2. The fourth-order valence-electron chi connectivity index (χ4n) is 2.73. The van der Waals surface area contributed by atoms with Crippen LogP contribution in [0.25, 0.3) is 0 Å². The molecule has 1 aliphatic heterocycles. The number of carbonyl (C=O) groups excluding carboxylic acids is 1. The number of ether oxygens (including phenoxy) is 1. The molecule has 1 N–H and O–H groups in total. The van der Waals surface area contributed by atoms with Gasteiger partial charge in [-0.1, -0.05) is 0 Å². The number of rotatable bonds is 5. The van der Waals surface area contributed by atoms with Crippen LogP contribution in [-0.2, 0) is 11.3 Å². The first kappa shape index (κ1) is 16.8. The summed E-state index contributed by atoms with van der Waals surface area (Å²) in [6.45, 7) is 6.95. The molecular formula is C15H27N5O2. The standard InChI is InChI=1S/C15H27N5O2/c1-13-16-4-6-19(13)7-5-17-15(21)20-8-9-22-12-14(11-20)10-18(2)3/h4,6,14H,5,7-12H2,1-3H3,(H,17,21). The number of amides is 2. The number of carbonyl (C=O) groups is 1. The SMILES string of the molecule is Cc1nccn1CCNC(=O)N1CCOCC(CN(C)C)C1. The summed E-state index contributed by atoms with van der Waals surface area (Å²) in [6.07, 6.45) is 3.70. The molecule has 1 aromatic heterocycles. The van der Waals surface area contributed by atoms with E-state index in [0.29, 0.717) is 25.6 Å². The van der Waals surface area contributed by atoms with E-state index in [-0.39, 0.29) is 6.03 Å². The first-order valence-electron chi connectivity index (χ1n) is 7.79. The largest absolute Gasteiger partial charge is 0.379 e. The molecule has 1 unspecified atom stereocenters. The van der Waals surface area contributed by atoms with E-state index in [2.05, 4.69) is 15.2 Å². The Morgan fingerprint density at radius 1 is 1.55 bits per heavy atom. The summed E-state index contributed by atoms with van der Waals surface area (Å²) < 4.78 is 7.64. The Morgan fingerprint density at radius 2 is 2.36 bits per heavy atom. The van der Waals surface area contributed by atoms with Gasteiger partial charge in [-0.25, -0.2) is 9.78 Å². The van der Waals surface area contributed by atoms with Crippen LogP contribution < -0.4 is 5.32 Å². The number of hydrogen-bond acceptors (Lipinski definition) is 4. The molecule has 0 radical (unpaired) electrons. The van der Waals surface area contributed by atoms with Gasteiger partial charge in [0.2, 0.25) is 0 Å². The summed E-state index contributed by atoms with van der Waals surface area (Å²) in [4.78, 5) is 20.5. The van der Waals surface area contributed by atoms with Gasteiger partial charge in [-0.05, 0) is 21.0 Å². The van der Waals surface area contributed by atoms with Gasteiger partial charge >= 0.3 is 6.03 Å². The van der Waals surface area contributed by atoms with Crippen molar-refractivity contribution in [3.05, 3.63) is 18.2 Å². The van der Waals surface area contributed by atoms with Crippen molar-refractivity contribution in [2.75, 3.05) is 53.5 Å². The Hall–Kier alpha value is -1.60. The van der Waals surface area contributed by atoms with Crippen LogP contribution in [0.15, 0.2) is 12.4 Å². The highest BCUT2D eigenvalue weighted by molar-refractivity contribution is 5.74. The number of nitrogens with zero attached hydrogens (tertiary/aromatic N) is 4. The zero-order valence-corrected chi connectivity index (χ0v) is 13.8. The number of hydrogen-bond donors (Lipinski definition) is 1. The van der Waals surface area contributed by atoms with E-state index in [9.17, 15) is 4.79 Å². The summed E-state index contributed by atoms with van der Waals surface area (Å²) >= 11 is 0. The Morgan fingerprint density at radius 3 is 3.05 bits per heavy atom. The molecule has 1 atom stereocenters. The molecule has 0 aliphatic carbocycles. The van der Waals surface area contributed by atoms with E-state index >= 15 is 0 Å². The molecule has 1 fully saturated rings. The van der Waals surface area contributed by atoms with Crippen molar-refractivity contribution >= 4 is 6.03 Å². The fraction of sp³-hybridized carbons (Fsp3) is 0.733. The van der Waals surface area contributed by atoms with Crippen molar-refractivity contribution in [1.82, 2.24) is 24.7 Å². The molecule has 2 heterocycles. The van der Waals surface area contributed by atoms with E-state index in [4.69, 9.17) is 4.74 Å². The van der Waals surface area contributed by atoms with Gasteiger partial charge in [0.1, 0.15) is 5.82 Å². The summed E-state index contributed by atoms with van der Waals surface area (Å²) in [5.74, 6) is 1.32. The third-order valence-electron chi connectivity index (χ3n) is 3.80. The highest BCUT2D eigenvalue weighted by Crippen LogP contribution is 2.08. The maximum absolute atomic E-state index is 12.3. The van der Waals surface area contributed by atoms with E-state index in [1.807, 2.05) is 36.7 Å². The number of aryl methyl sites for hydroxylation is 1. The lowest BCUT2D eigenvalue weighted by Crippen LogP contribution is -2.45. The van der Waals surface area contributed by atoms with Gasteiger partial charge in [-0.3, -0.25) is 0 Å². The third kappa shape index (κ3) is 4.99. The zero-order valence-electron chi connectivity index (χ0n) is 13.8. The quantitative estimate of drug-likeness (QED) is 0.856. The summed E-state index contributed by atoms with van der Waals surface area (Å²) in [5.41, 5.74) is 0. The third-order valence-corrected chi connectivity index (χ3v) is 3.80. The average Bonchev–Trinajstić information content (AvgIpc) is 2.73. The molecule has 2 rings (SSSR count). The van der Waals surface area contributed by atoms with E-state index < -0.39 is 0 Å². The summed E-state index contributed by atoms with van der Waals surface area (Å²) in [5, 5.41) is 2.99. The van der Waals surface area contributed by atoms with E-state index in [1.165, 1.54) is 0 Å². The monoisotopic (exact) mass is 309 g/mol. The van der Waals surface area contributed by atoms with Crippen molar-refractivity contribution in [2.24, 2.45) is 5.92 Å².